The predicted octanol–water partition coefficient (Wildman–Crippen LogP) is 1.19. The van der Waals surface area contributed by atoms with Crippen molar-refractivity contribution >= 4 is 11.6 Å². The van der Waals surface area contributed by atoms with Gasteiger partial charge in [-0.3, -0.25) is 14.1 Å². The van der Waals surface area contributed by atoms with Gasteiger partial charge in [-0.1, -0.05) is 6.07 Å². The van der Waals surface area contributed by atoms with E-state index in [9.17, 15) is 4.79 Å². The summed E-state index contributed by atoms with van der Waals surface area (Å²) in [5.41, 5.74) is 1.50. The highest BCUT2D eigenvalue weighted by Crippen LogP contribution is 2.31. The van der Waals surface area contributed by atoms with Crippen molar-refractivity contribution in [2.24, 2.45) is 5.92 Å². The average molecular weight is 339 g/mol. The predicted molar refractivity (Wildman–Crippen MR) is 95.6 cm³/mol. The van der Waals surface area contributed by atoms with E-state index < -0.39 is 0 Å². The van der Waals surface area contributed by atoms with Gasteiger partial charge in [0, 0.05) is 45.0 Å². The molecule has 0 radical (unpaired) electrons. The first-order chi connectivity index (χ1) is 12.3. The second-order valence-corrected chi connectivity index (χ2v) is 7.61. The molecule has 132 valence electrons. The Labute approximate surface area is 148 Å². The maximum Gasteiger partial charge on any atom is 0.272 e. The van der Waals surface area contributed by atoms with Crippen LogP contribution in [0.2, 0.25) is 0 Å². The van der Waals surface area contributed by atoms with Gasteiger partial charge in [-0.15, -0.1) is 0 Å². The van der Waals surface area contributed by atoms with Gasteiger partial charge in [0.2, 0.25) is 0 Å². The fourth-order valence-corrected chi connectivity index (χ4v) is 4.86. The van der Waals surface area contributed by atoms with Crippen molar-refractivity contribution in [3.05, 3.63) is 36.3 Å². The van der Waals surface area contributed by atoms with Gasteiger partial charge in [0.05, 0.1) is 6.20 Å². The highest BCUT2D eigenvalue weighted by atomic mass is 16.2. The van der Waals surface area contributed by atoms with E-state index in [1.165, 1.54) is 32.5 Å². The summed E-state index contributed by atoms with van der Waals surface area (Å²) in [4.78, 5) is 24.5. The fraction of sp³-hybridized carbons (Fsp3) is 0.579. The molecule has 0 spiro atoms. The van der Waals surface area contributed by atoms with Crippen LogP contribution in [0.25, 0.3) is 5.65 Å². The molecule has 25 heavy (non-hydrogen) atoms. The number of hydrogen-bond acceptors (Lipinski definition) is 4. The molecule has 4 saturated heterocycles. The van der Waals surface area contributed by atoms with Crippen molar-refractivity contribution in [2.45, 2.75) is 18.9 Å². The van der Waals surface area contributed by atoms with Crippen LogP contribution in [0, 0.1) is 5.92 Å². The van der Waals surface area contributed by atoms with E-state index >= 15 is 0 Å². The van der Waals surface area contributed by atoms with E-state index in [4.69, 9.17) is 0 Å². The summed E-state index contributed by atoms with van der Waals surface area (Å²) < 4.78 is 1.89. The first-order valence-electron chi connectivity index (χ1n) is 9.47. The molecule has 1 atom stereocenters. The molecule has 0 N–H and O–H groups in total. The van der Waals surface area contributed by atoms with E-state index in [2.05, 4.69) is 14.8 Å². The third-order valence-corrected chi connectivity index (χ3v) is 6.33. The zero-order valence-electron chi connectivity index (χ0n) is 14.5. The van der Waals surface area contributed by atoms with E-state index in [0.717, 1.165) is 37.7 Å². The van der Waals surface area contributed by atoms with Crippen molar-refractivity contribution in [3.8, 4) is 0 Å². The summed E-state index contributed by atoms with van der Waals surface area (Å²) in [5, 5.41) is 0. The van der Waals surface area contributed by atoms with Crippen molar-refractivity contribution in [1.82, 2.24) is 24.1 Å². The minimum atomic E-state index is 0.104. The summed E-state index contributed by atoms with van der Waals surface area (Å²) >= 11 is 0. The average Bonchev–Trinajstić information content (AvgIpc) is 3.12. The number of fused-ring (bicyclic) bond motifs is 4. The molecule has 2 bridgehead atoms. The molecule has 4 fully saturated rings. The summed E-state index contributed by atoms with van der Waals surface area (Å²) in [5.74, 6) is 0.971. The van der Waals surface area contributed by atoms with Crippen LogP contribution in [0.1, 0.15) is 23.3 Å². The maximum absolute atomic E-state index is 12.9. The lowest BCUT2D eigenvalue weighted by molar-refractivity contribution is -0.0132. The number of amides is 1. The van der Waals surface area contributed by atoms with Crippen LogP contribution in [0.4, 0.5) is 0 Å². The summed E-state index contributed by atoms with van der Waals surface area (Å²) in [7, 11) is 0. The molecule has 6 rings (SSSR count). The van der Waals surface area contributed by atoms with Crippen LogP contribution in [-0.2, 0) is 0 Å². The van der Waals surface area contributed by atoms with Crippen molar-refractivity contribution in [2.75, 3.05) is 45.8 Å². The number of hydrogen-bond donors (Lipinski definition) is 0. The smallest absolute Gasteiger partial charge is 0.272 e. The Kier molecular flexibility index (Phi) is 3.75. The first kappa shape index (κ1) is 15.3. The van der Waals surface area contributed by atoms with Crippen molar-refractivity contribution < 1.29 is 4.79 Å². The van der Waals surface area contributed by atoms with Gasteiger partial charge >= 0.3 is 0 Å². The Hall–Kier alpha value is -1.92. The molecule has 6 heteroatoms. The van der Waals surface area contributed by atoms with Crippen LogP contribution in [0.3, 0.4) is 0 Å². The van der Waals surface area contributed by atoms with Gasteiger partial charge in [-0.05, 0) is 44.0 Å². The SMILES string of the molecule is O=C(c1cnc2ccccn12)N1CCN([C@H]2CN3CCC2CC3)CC1. The second kappa shape index (κ2) is 6.11. The molecule has 2 aromatic rings. The fourth-order valence-electron chi connectivity index (χ4n) is 4.86. The molecular formula is C19H25N5O. The molecular weight excluding hydrogens is 314 g/mol. The molecule has 2 aromatic heterocycles. The normalized spacial score (nSPS) is 30.1. The molecule has 1 amide bonds. The molecule has 4 aliphatic heterocycles. The van der Waals surface area contributed by atoms with E-state index in [-0.39, 0.29) is 5.91 Å². The third-order valence-electron chi connectivity index (χ3n) is 6.33. The lowest BCUT2D eigenvalue weighted by atomic mass is 9.83. The van der Waals surface area contributed by atoms with E-state index in [1.54, 1.807) is 6.20 Å². The largest absolute Gasteiger partial charge is 0.335 e. The molecule has 0 aromatic carbocycles. The number of piperazine rings is 1. The lowest BCUT2D eigenvalue weighted by Crippen LogP contribution is -2.61. The Morgan fingerprint density at radius 2 is 1.84 bits per heavy atom. The van der Waals surface area contributed by atoms with Crippen LogP contribution in [0.5, 0.6) is 0 Å². The third kappa shape index (κ3) is 2.64. The van der Waals surface area contributed by atoms with Crippen LogP contribution in [0.15, 0.2) is 30.6 Å². The number of carbonyl (C=O) groups is 1. The van der Waals surface area contributed by atoms with Crippen LogP contribution in [-0.4, -0.2) is 81.8 Å². The van der Waals surface area contributed by atoms with Gasteiger partial charge in [0.15, 0.2) is 0 Å². The number of rotatable bonds is 2. The number of nitrogens with zero attached hydrogens (tertiary/aromatic N) is 5. The molecule has 0 unspecified atom stereocenters. The van der Waals surface area contributed by atoms with Crippen molar-refractivity contribution in [3.63, 3.8) is 0 Å². The highest BCUT2D eigenvalue weighted by Gasteiger charge is 2.38. The molecule has 6 nitrogen and oxygen atoms in total. The number of imidazole rings is 1. The van der Waals surface area contributed by atoms with Gasteiger partial charge in [0.1, 0.15) is 11.3 Å². The quantitative estimate of drug-likeness (QED) is 0.824. The molecule has 4 aliphatic rings. The highest BCUT2D eigenvalue weighted by molar-refractivity contribution is 5.93. The Morgan fingerprint density at radius 1 is 1.04 bits per heavy atom. The van der Waals surface area contributed by atoms with Gasteiger partial charge in [-0.25, -0.2) is 4.98 Å². The standard InChI is InChI=1S/C19H25N5O/c25-19(16-13-20-18-3-1-2-6-24(16)18)23-11-9-22(10-12-23)17-14-21-7-4-15(17)5-8-21/h1-3,6,13,15,17H,4-5,7-12,14H2/t17-/m0/s1. The summed E-state index contributed by atoms with van der Waals surface area (Å²) in [6.07, 6.45) is 6.33. The van der Waals surface area contributed by atoms with Crippen LogP contribution >= 0.6 is 0 Å². The minimum Gasteiger partial charge on any atom is -0.335 e. The zero-order valence-corrected chi connectivity index (χ0v) is 14.5. The monoisotopic (exact) mass is 339 g/mol. The summed E-state index contributed by atoms with van der Waals surface area (Å²) in [6.45, 7) is 7.44. The number of pyridine rings is 1. The van der Waals surface area contributed by atoms with Crippen molar-refractivity contribution in [1.29, 1.82) is 0 Å². The van der Waals surface area contributed by atoms with Crippen LogP contribution < -0.4 is 0 Å². The Bertz CT molecular complexity index is 771. The molecule has 0 aliphatic carbocycles. The lowest BCUT2D eigenvalue weighted by Gasteiger charge is -2.50. The first-order valence-corrected chi connectivity index (χ1v) is 9.47. The number of carbonyl (C=O) groups excluding carboxylic acids is 1. The van der Waals surface area contributed by atoms with E-state index in [0.29, 0.717) is 11.7 Å². The summed E-state index contributed by atoms with van der Waals surface area (Å²) in [6, 6.07) is 6.53. The maximum atomic E-state index is 12.9. The minimum absolute atomic E-state index is 0.104. The van der Waals surface area contributed by atoms with Gasteiger partial charge in [0.25, 0.3) is 5.91 Å². The van der Waals surface area contributed by atoms with Gasteiger partial charge < -0.3 is 9.80 Å². The number of piperidine rings is 3. The second-order valence-electron chi connectivity index (χ2n) is 7.61. The zero-order chi connectivity index (χ0) is 16.8. The van der Waals surface area contributed by atoms with E-state index in [1.807, 2.05) is 33.7 Å². The molecule has 6 heterocycles. The number of aromatic nitrogens is 2. The molecule has 0 saturated carbocycles. The van der Waals surface area contributed by atoms with Gasteiger partial charge in [-0.2, -0.15) is 0 Å². The Balaban J connectivity index is 1.26. The topological polar surface area (TPSA) is 44.1 Å². The Morgan fingerprint density at radius 3 is 2.56 bits per heavy atom.